The number of carbonyl (C=O) groups excluding carboxylic acids is 2. The summed E-state index contributed by atoms with van der Waals surface area (Å²) < 4.78 is 100.0. The van der Waals surface area contributed by atoms with Crippen molar-refractivity contribution in [2.24, 2.45) is 0 Å². The first-order valence-electron chi connectivity index (χ1n) is 11.5. The van der Waals surface area contributed by atoms with Crippen molar-refractivity contribution in [3.8, 4) is 5.75 Å². The molecule has 0 unspecified atom stereocenters. The Balaban J connectivity index is 0.00000323. The van der Waals surface area contributed by atoms with Crippen LogP contribution in [0.5, 0.6) is 5.75 Å². The maximum Gasteiger partial charge on any atom is 0.298 e. The summed E-state index contributed by atoms with van der Waals surface area (Å²) in [6, 6.07) is 5.55. The quantitative estimate of drug-likeness (QED) is 0.119. The van der Waals surface area contributed by atoms with Crippen LogP contribution in [0, 0.1) is 6.92 Å². The first-order chi connectivity index (χ1) is 18.7. The third-order valence-corrected chi connectivity index (χ3v) is 8.87. The topological polar surface area (TPSA) is 242 Å². The van der Waals surface area contributed by atoms with E-state index in [1.54, 1.807) is 13.8 Å². The summed E-state index contributed by atoms with van der Waals surface area (Å²) in [6.07, 6.45) is 0. The van der Waals surface area contributed by atoms with Crippen molar-refractivity contribution < 1.29 is 53.6 Å². The van der Waals surface area contributed by atoms with Crippen LogP contribution in [0.4, 0.5) is 17.1 Å². The zero-order valence-corrected chi connectivity index (χ0v) is 32.8. The fourth-order valence-electron chi connectivity index (χ4n) is 4.47. The largest absolute Gasteiger partial charge is 0.506 e. The molecule has 6 N–H and O–H groups in total. The van der Waals surface area contributed by atoms with Gasteiger partial charge in [-0.2, -0.15) is 25.3 Å². The van der Waals surface area contributed by atoms with Gasteiger partial charge in [-0.3, -0.25) is 23.2 Å². The van der Waals surface area contributed by atoms with Crippen LogP contribution in [0.2, 0.25) is 0 Å². The van der Waals surface area contributed by atoms with Crippen LogP contribution in [0.1, 0.15) is 51.3 Å². The number of rotatable bonds is 7. The number of hydrogen-bond acceptors (Lipinski definition) is 11. The molecule has 0 saturated carbocycles. The second-order valence-corrected chi connectivity index (χ2v) is 13.5. The van der Waals surface area contributed by atoms with E-state index < -0.39 is 79.2 Å². The Hall–Kier alpha value is -0.870. The SMILES string of the molecule is Cc1cc(Nc2ccc(NC(C)C)c3c2C(=O)c2c(ccc(S(=O)(=O)O)c2O)C3=O)c(S(=O)(=O)O)cc1S(=O)(=O)O.[Na].[Na].[Na]. The zero-order valence-electron chi connectivity index (χ0n) is 24.3. The normalized spacial score (nSPS) is 12.7. The predicted molar refractivity (Wildman–Crippen MR) is 161 cm³/mol. The number of aryl methyl sites for hydroxylation is 1. The maximum absolute atomic E-state index is 13.8. The van der Waals surface area contributed by atoms with Gasteiger partial charge in [0.15, 0.2) is 11.6 Å². The standard InChI is InChI=1S/C24H22N2O12S3.3Na/c1-10(2)25-13-5-6-14(26-15-8-11(3)17(40(33,34)35)9-18(15)41(36,37)38)21-20(13)22(27)12-4-7-16(39(30,31)32)23(28)19(12)24(21)29;;;/h4-10,25-26,28H,1-3H3,(H,30,31,32)(H,33,34,35)(H,36,37,38);;;. The number of phenols is 1. The molecule has 0 amide bonds. The Morgan fingerprint density at radius 3 is 1.64 bits per heavy atom. The number of carbonyl (C=O) groups is 2. The minimum absolute atomic E-state index is 0. The van der Waals surface area contributed by atoms with Crippen LogP contribution < -0.4 is 10.6 Å². The van der Waals surface area contributed by atoms with Crippen molar-refractivity contribution in [1.29, 1.82) is 0 Å². The molecule has 1 aliphatic rings. The second-order valence-electron chi connectivity index (χ2n) is 9.37. The Labute approximate surface area is 319 Å². The number of benzene rings is 3. The van der Waals surface area contributed by atoms with E-state index in [0.717, 1.165) is 18.2 Å². The van der Waals surface area contributed by atoms with Crippen molar-refractivity contribution in [3.63, 3.8) is 0 Å². The molecule has 4 rings (SSSR count). The molecule has 0 atom stereocenters. The molecule has 44 heavy (non-hydrogen) atoms. The minimum atomic E-state index is -5.14. The minimum Gasteiger partial charge on any atom is -0.506 e. The van der Waals surface area contributed by atoms with Gasteiger partial charge in [-0.1, -0.05) is 0 Å². The average molecular weight is 696 g/mol. The molecule has 14 nitrogen and oxygen atoms in total. The summed E-state index contributed by atoms with van der Waals surface area (Å²) in [7, 11) is -15.1. The number of fused-ring (bicyclic) bond motifs is 2. The monoisotopic (exact) mass is 695 g/mol. The van der Waals surface area contributed by atoms with E-state index in [9.17, 15) is 53.6 Å². The first-order valence-corrected chi connectivity index (χ1v) is 15.8. The molecule has 20 heteroatoms. The summed E-state index contributed by atoms with van der Waals surface area (Å²) in [6.45, 7) is 4.69. The number of phenolic OH excluding ortho intramolecular Hbond substituents is 1. The van der Waals surface area contributed by atoms with Gasteiger partial charge in [-0.05, 0) is 62.7 Å². The average Bonchev–Trinajstić information content (AvgIpc) is 2.80. The Bertz CT molecular complexity index is 2020. The Morgan fingerprint density at radius 1 is 0.636 bits per heavy atom. The van der Waals surface area contributed by atoms with E-state index >= 15 is 0 Å². The van der Waals surface area contributed by atoms with E-state index in [0.29, 0.717) is 6.07 Å². The molecular weight excluding hydrogens is 673 g/mol. The van der Waals surface area contributed by atoms with Gasteiger partial charge in [0, 0.05) is 106 Å². The molecule has 0 aromatic heterocycles. The van der Waals surface area contributed by atoms with Crippen LogP contribution in [0.3, 0.4) is 0 Å². The van der Waals surface area contributed by atoms with E-state index in [2.05, 4.69) is 10.6 Å². The molecule has 0 fully saturated rings. The van der Waals surface area contributed by atoms with Gasteiger partial charge in [-0.15, -0.1) is 0 Å². The first kappa shape index (κ1) is 41.2. The summed E-state index contributed by atoms with van der Waals surface area (Å²) in [5, 5.41) is 16.2. The van der Waals surface area contributed by atoms with Crippen molar-refractivity contribution in [2.45, 2.75) is 41.5 Å². The number of aromatic hydroxyl groups is 1. The predicted octanol–water partition coefficient (Wildman–Crippen LogP) is 1.64. The summed E-state index contributed by atoms with van der Waals surface area (Å²) in [4.78, 5) is 24.6. The number of anilines is 3. The Morgan fingerprint density at radius 2 is 1.14 bits per heavy atom. The summed E-state index contributed by atoms with van der Waals surface area (Å²) in [5.74, 6) is -3.09. The van der Waals surface area contributed by atoms with Gasteiger partial charge in [-0.25, -0.2) is 0 Å². The van der Waals surface area contributed by atoms with Gasteiger partial charge in [0.05, 0.1) is 33.0 Å². The van der Waals surface area contributed by atoms with Crippen LogP contribution in [0.25, 0.3) is 0 Å². The van der Waals surface area contributed by atoms with Crippen molar-refractivity contribution in [1.82, 2.24) is 0 Å². The number of nitrogens with one attached hydrogen (secondary N) is 2. The van der Waals surface area contributed by atoms with Crippen molar-refractivity contribution >= 4 is 148 Å². The van der Waals surface area contributed by atoms with Crippen LogP contribution in [-0.2, 0) is 30.4 Å². The third-order valence-electron chi connectivity index (χ3n) is 6.10. The molecule has 0 spiro atoms. The van der Waals surface area contributed by atoms with Gasteiger partial charge in [0.2, 0.25) is 0 Å². The molecular formula is C24H22N2Na3O12S3. The van der Waals surface area contributed by atoms with E-state index in [4.69, 9.17) is 0 Å². The third kappa shape index (κ3) is 7.98. The molecule has 0 bridgehead atoms. The van der Waals surface area contributed by atoms with Gasteiger partial charge in [0.25, 0.3) is 30.4 Å². The molecule has 1 aliphatic carbocycles. The molecule has 3 radical (unpaired) electrons. The Kier molecular flexibility index (Phi) is 13.6. The van der Waals surface area contributed by atoms with Gasteiger partial charge in [0.1, 0.15) is 15.5 Å². The van der Waals surface area contributed by atoms with Crippen LogP contribution in [-0.4, -0.2) is 150 Å². The molecule has 0 saturated heterocycles. The molecule has 221 valence electrons. The van der Waals surface area contributed by atoms with E-state index in [1.165, 1.54) is 19.1 Å². The van der Waals surface area contributed by atoms with Crippen molar-refractivity contribution in [2.75, 3.05) is 10.6 Å². The maximum atomic E-state index is 13.8. The summed E-state index contributed by atoms with van der Waals surface area (Å²) in [5.41, 5.74) is -2.47. The second kappa shape index (κ2) is 14.5. The van der Waals surface area contributed by atoms with Crippen LogP contribution in [0.15, 0.2) is 51.1 Å². The molecule has 3 aromatic carbocycles. The van der Waals surface area contributed by atoms with Gasteiger partial charge >= 0.3 is 0 Å². The smallest absolute Gasteiger partial charge is 0.298 e. The molecule has 3 aromatic rings. The van der Waals surface area contributed by atoms with Crippen molar-refractivity contribution in [3.05, 3.63) is 64.2 Å². The van der Waals surface area contributed by atoms with Gasteiger partial charge < -0.3 is 15.7 Å². The fourth-order valence-corrected chi connectivity index (χ4v) is 6.52. The van der Waals surface area contributed by atoms with E-state index in [-0.39, 0.29) is 123 Å². The zero-order chi connectivity index (χ0) is 30.8. The fraction of sp³-hybridized carbons (Fsp3) is 0.167. The number of ketones is 2. The molecule has 0 aliphatic heterocycles. The summed E-state index contributed by atoms with van der Waals surface area (Å²) >= 11 is 0. The molecule has 0 heterocycles. The number of hydrogen-bond donors (Lipinski definition) is 6. The van der Waals surface area contributed by atoms with E-state index in [1.807, 2.05) is 0 Å². The van der Waals surface area contributed by atoms with Crippen LogP contribution >= 0.6 is 0 Å².